The summed E-state index contributed by atoms with van der Waals surface area (Å²) in [5, 5.41) is 50.5. The molecule has 0 spiro atoms. The van der Waals surface area contributed by atoms with Gasteiger partial charge in [-0.05, 0) is 0 Å². The second kappa shape index (κ2) is 11.3. The van der Waals surface area contributed by atoms with Gasteiger partial charge in [0.25, 0.3) is 0 Å². The summed E-state index contributed by atoms with van der Waals surface area (Å²) in [6.07, 6.45) is 0. The van der Waals surface area contributed by atoms with E-state index in [1.807, 2.05) is 16.0 Å². The first-order chi connectivity index (χ1) is 11.7. The van der Waals surface area contributed by atoms with Crippen LogP contribution in [0.15, 0.2) is 0 Å². The topological polar surface area (TPSA) is 232 Å². The number of carbonyl (C=O) groups excluding carboxylic acids is 3. The summed E-state index contributed by atoms with van der Waals surface area (Å²) in [5.41, 5.74) is 5.23. The molecule has 0 heterocycles. The van der Waals surface area contributed by atoms with E-state index in [-0.39, 0.29) is 0 Å². The highest BCUT2D eigenvalue weighted by atomic mass is 16.4. The van der Waals surface area contributed by atoms with Crippen molar-refractivity contribution in [3.63, 3.8) is 0 Å². The van der Waals surface area contributed by atoms with Crippen molar-refractivity contribution in [2.75, 3.05) is 26.4 Å². The van der Waals surface area contributed by atoms with Gasteiger partial charge in [0.2, 0.25) is 17.7 Å². The number of amides is 3. The molecule has 0 saturated carbocycles. The van der Waals surface area contributed by atoms with E-state index in [0.29, 0.717) is 0 Å². The smallest absolute Gasteiger partial charge is 0.328 e. The molecule has 0 bridgehead atoms. The van der Waals surface area contributed by atoms with Gasteiger partial charge in [0.05, 0.1) is 26.4 Å². The normalized spacial score (nSPS) is 15.4. The third kappa shape index (κ3) is 7.40. The molecule has 4 atom stereocenters. The number of carboxylic acid groups (broad SMARTS) is 1. The Balaban J connectivity index is 4.86. The Labute approximate surface area is 141 Å². The van der Waals surface area contributed by atoms with Gasteiger partial charge in [-0.2, -0.15) is 0 Å². The lowest BCUT2D eigenvalue weighted by atomic mass is 10.2. The summed E-state index contributed by atoms with van der Waals surface area (Å²) in [4.78, 5) is 46.0. The van der Waals surface area contributed by atoms with Gasteiger partial charge < -0.3 is 47.2 Å². The molecule has 10 N–H and O–H groups in total. The Kier molecular flexibility index (Phi) is 10.2. The van der Waals surface area contributed by atoms with E-state index in [0.717, 1.165) is 0 Å². The summed E-state index contributed by atoms with van der Waals surface area (Å²) < 4.78 is 0. The second-order valence-corrected chi connectivity index (χ2v) is 4.86. The quantitative estimate of drug-likeness (QED) is 0.168. The number of hydrogen-bond acceptors (Lipinski definition) is 9. The molecule has 0 fully saturated rings. The van der Waals surface area contributed by atoms with E-state index in [4.69, 9.17) is 31.3 Å². The Hall–Kier alpha value is -2.32. The van der Waals surface area contributed by atoms with Crippen molar-refractivity contribution < 1.29 is 44.7 Å². The molecule has 3 amide bonds. The highest BCUT2D eigenvalue weighted by Crippen LogP contribution is 1.92. The number of hydrogen-bond donors (Lipinski definition) is 9. The van der Waals surface area contributed by atoms with Crippen LogP contribution < -0.4 is 21.7 Å². The van der Waals surface area contributed by atoms with Crippen LogP contribution in [0, 0.1) is 0 Å². The van der Waals surface area contributed by atoms with Gasteiger partial charge in [-0.1, -0.05) is 0 Å². The molecular formula is C12H22N4O9. The van der Waals surface area contributed by atoms with Crippen LogP contribution in [0.1, 0.15) is 0 Å². The minimum Gasteiger partial charge on any atom is -0.480 e. The number of aliphatic hydroxyl groups is 4. The predicted molar refractivity (Wildman–Crippen MR) is 79.7 cm³/mol. The first-order valence-corrected chi connectivity index (χ1v) is 7.04. The summed E-state index contributed by atoms with van der Waals surface area (Å²) >= 11 is 0. The van der Waals surface area contributed by atoms with Gasteiger partial charge in [0, 0.05) is 0 Å². The fraction of sp³-hybridized carbons (Fsp3) is 0.667. The number of aliphatic carboxylic acids is 1. The first-order valence-electron chi connectivity index (χ1n) is 7.04. The Bertz CT molecular complexity index is 487. The largest absolute Gasteiger partial charge is 0.480 e. The molecule has 144 valence electrons. The van der Waals surface area contributed by atoms with Gasteiger partial charge in [0.15, 0.2) is 0 Å². The van der Waals surface area contributed by atoms with Gasteiger partial charge in [0.1, 0.15) is 24.2 Å². The number of rotatable bonds is 11. The van der Waals surface area contributed by atoms with Crippen LogP contribution in [0.2, 0.25) is 0 Å². The minimum atomic E-state index is -1.64. The molecule has 0 aliphatic heterocycles. The van der Waals surface area contributed by atoms with Crippen LogP contribution in [-0.2, 0) is 19.2 Å². The van der Waals surface area contributed by atoms with Crippen molar-refractivity contribution in [1.29, 1.82) is 0 Å². The fourth-order valence-corrected chi connectivity index (χ4v) is 1.48. The number of nitrogens with two attached hydrogens (primary N) is 1. The van der Waals surface area contributed by atoms with Crippen molar-refractivity contribution >= 4 is 23.7 Å². The zero-order valence-corrected chi connectivity index (χ0v) is 13.1. The standard InChI is InChI=1S/C12H22N4O9/c13-5(1-17)9(21)14-6(2-18)10(22)15-7(3-19)11(23)16-8(4-20)12(24)25/h5-8,17-20H,1-4,13H2,(H,14,21)(H,15,22)(H,16,23)(H,24,25)/t5-,6-,7-,8-/m0/s1. The Morgan fingerprint density at radius 3 is 1.36 bits per heavy atom. The lowest BCUT2D eigenvalue weighted by Crippen LogP contribution is -2.59. The third-order valence-electron chi connectivity index (χ3n) is 2.96. The number of aliphatic hydroxyl groups excluding tert-OH is 4. The monoisotopic (exact) mass is 366 g/mol. The highest BCUT2D eigenvalue weighted by molar-refractivity contribution is 5.94. The fourth-order valence-electron chi connectivity index (χ4n) is 1.48. The maximum absolute atomic E-state index is 11.9. The Morgan fingerprint density at radius 2 is 1.04 bits per heavy atom. The summed E-state index contributed by atoms with van der Waals surface area (Å²) in [5.74, 6) is -4.64. The first kappa shape index (κ1) is 22.7. The van der Waals surface area contributed by atoms with Crippen LogP contribution in [0.5, 0.6) is 0 Å². The zero-order chi connectivity index (χ0) is 19.6. The number of carbonyl (C=O) groups is 4. The highest BCUT2D eigenvalue weighted by Gasteiger charge is 2.29. The number of carboxylic acids is 1. The lowest BCUT2D eigenvalue weighted by Gasteiger charge is -2.22. The molecule has 25 heavy (non-hydrogen) atoms. The van der Waals surface area contributed by atoms with Crippen molar-refractivity contribution in [1.82, 2.24) is 16.0 Å². The molecule has 0 aromatic carbocycles. The van der Waals surface area contributed by atoms with Crippen LogP contribution >= 0.6 is 0 Å². The molecule has 0 aliphatic rings. The van der Waals surface area contributed by atoms with E-state index in [1.54, 1.807) is 0 Å². The third-order valence-corrected chi connectivity index (χ3v) is 2.96. The second-order valence-electron chi connectivity index (χ2n) is 4.86. The zero-order valence-electron chi connectivity index (χ0n) is 13.1. The van der Waals surface area contributed by atoms with Crippen LogP contribution in [0.25, 0.3) is 0 Å². The van der Waals surface area contributed by atoms with Gasteiger partial charge in [-0.15, -0.1) is 0 Å². The van der Waals surface area contributed by atoms with E-state index >= 15 is 0 Å². The minimum absolute atomic E-state index is 0.703. The molecule has 0 unspecified atom stereocenters. The van der Waals surface area contributed by atoms with E-state index in [9.17, 15) is 19.2 Å². The average molecular weight is 366 g/mol. The van der Waals surface area contributed by atoms with Crippen molar-refractivity contribution in [3.8, 4) is 0 Å². The van der Waals surface area contributed by atoms with E-state index in [1.165, 1.54) is 0 Å². The predicted octanol–water partition coefficient (Wildman–Crippen LogP) is -6.18. The molecule has 0 rings (SSSR count). The molecular weight excluding hydrogens is 344 g/mol. The van der Waals surface area contributed by atoms with Crippen LogP contribution in [-0.4, -0.2) is 99.8 Å². The van der Waals surface area contributed by atoms with Gasteiger partial charge >= 0.3 is 5.97 Å². The molecule has 0 radical (unpaired) electrons. The van der Waals surface area contributed by atoms with Crippen molar-refractivity contribution in [2.45, 2.75) is 24.2 Å². The molecule has 13 heteroatoms. The summed E-state index contributed by atoms with van der Waals surface area (Å²) in [6, 6.07) is -6.10. The molecule has 0 saturated heterocycles. The molecule has 0 aliphatic carbocycles. The van der Waals surface area contributed by atoms with Crippen molar-refractivity contribution in [3.05, 3.63) is 0 Å². The van der Waals surface area contributed by atoms with Gasteiger partial charge in [-0.3, -0.25) is 14.4 Å². The van der Waals surface area contributed by atoms with Crippen LogP contribution in [0.4, 0.5) is 0 Å². The molecule has 0 aromatic rings. The molecule has 13 nitrogen and oxygen atoms in total. The van der Waals surface area contributed by atoms with Crippen LogP contribution in [0.3, 0.4) is 0 Å². The van der Waals surface area contributed by atoms with Crippen molar-refractivity contribution in [2.24, 2.45) is 5.73 Å². The lowest BCUT2D eigenvalue weighted by molar-refractivity contribution is -0.143. The summed E-state index contributed by atoms with van der Waals surface area (Å²) in [6.45, 7) is -3.41. The maximum Gasteiger partial charge on any atom is 0.328 e. The number of nitrogens with one attached hydrogen (secondary N) is 3. The summed E-state index contributed by atoms with van der Waals surface area (Å²) in [7, 11) is 0. The SMILES string of the molecule is N[C@@H](CO)C(=O)N[C@@H](CO)C(=O)N[C@@H](CO)C(=O)N[C@@H](CO)C(=O)O. The van der Waals surface area contributed by atoms with Gasteiger partial charge in [-0.25, -0.2) is 4.79 Å². The molecule has 0 aromatic heterocycles. The average Bonchev–Trinajstić information content (AvgIpc) is 2.59. The van der Waals surface area contributed by atoms with E-state index < -0.39 is 74.3 Å². The maximum atomic E-state index is 11.9. The van der Waals surface area contributed by atoms with E-state index in [2.05, 4.69) is 0 Å². The Morgan fingerprint density at radius 1 is 0.680 bits per heavy atom.